The van der Waals surface area contributed by atoms with Gasteiger partial charge < -0.3 is 14.6 Å². The van der Waals surface area contributed by atoms with E-state index in [-0.39, 0.29) is 26.1 Å². The standard InChI is InChI=1S/C25H24Cl2N2O8/c1-28-21(33)24(26)11-15-12(7-8-14-17(15)20(32)29(19(14)31)23(35)36-2)18(25(24,27)22(28)34)13-5-3-4-6-16(13)37-10-9-30/h3-7,14-15,17-18,30H,8-11H2,1-2H3/t14-,15+,17-,18+,24+,25-/m0/s1. The van der Waals surface area contributed by atoms with Crippen molar-refractivity contribution in [2.24, 2.45) is 17.8 Å². The van der Waals surface area contributed by atoms with Crippen LogP contribution in [0.5, 0.6) is 5.75 Å². The maximum Gasteiger partial charge on any atom is 0.423 e. The Morgan fingerprint density at radius 2 is 1.81 bits per heavy atom. The molecule has 10 nitrogen and oxygen atoms in total. The summed E-state index contributed by atoms with van der Waals surface area (Å²) in [7, 11) is 2.37. The van der Waals surface area contributed by atoms with Gasteiger partial charge in [-0.25, -0.2) is 4.79 Å². The summed E-state index contributed by atoms with van der Waals surface area (Å²) < 4.78 is 10.4. The molecule has 1 N–H and O–H groups in total. The van der Waals surface area contributed by atoms with Crippen LogP contribution in [0.2, 0.25) is 0 Å². The van der Waals surface area contributed by atoms with Gasteiger partial charge in [0.05, 0.1) is 25.6 Å². The molecule has 196 valence electrons. The van der Waals surface area contributed by atoms with E-state index in [9.17, 15) is 29.1 Å². The van der Waals surface area contributed by atoms with E-state index in [1.54, 1.807) is 30.3 Å². The highest BCUT2D eigenvalue weighted by Gasteiger charge is 2.76. The quantitative estimate of drug-likeness (QED) is 0.341. The van der Waals surface area contributed by atoms with E-state index in [2.05, 4.69) is 4.74 Å². The highest BCUT2D eigenvalue weighted by Crippen LogP contribution is 2.66. The van der Waals surface area contributed by atoms with Crippen LogP contribution in [0, 0.1) is 17.8 Å². The topological polar surface area (TPSA) is 131 Å². The number of hydrogen-bond acceptors (Lipinski definition) is 8. The number of rotatable bonds is 4. The summed E-state index contributed by atoms with van der Waals surface area (Å²) in [4.78, 5) is 63.2. The highest BCUT2D eigenvalue weighted by molar-refractivity contribution is 6.53. The van der Waals surface area contributed by atoms with Crippen LogP contribution < -0.4 is 4.74 Å². The van der Waals surface area contributed by atoms with Crippen LogP contribution in [0.1, 0.15) is 24.3 Å². The van der Waals surface area contributed by atoms with Gasteiger partial charge in [-0.2, -0.15) is 4.90 Å². The lowest BCUT2D eigenvalue weighted by Gasteiger charge is -2.51. The Kier molecular flexibility index (Phi) is 6.12. The molecular formula is C25H24Cl2N2O8. The summed E-state index contributed by atoms with van der Waals surface area (Å²) >= 11 is 14.2. The van der Waals surface area contributed by atoms with Crippen molar-refractivity contribution in [1.29, 1.82) is 0 Å². The molecule has 3 fully saturated rings. The van der Waals surface area contributed by atoms with Crippen LogP contribution in [0.3, 0.4) is 0 Å². The molecule has 0 bridgehead atoms. The van der Waals surface area contributed by atoms with Crippen molar-refractivity contribution in [1.82, 2.24) is 9.80 Å². The number of para-hydroxylation sites is 1. The summed E-state index contributed by atoms with van der Waals surface area (Å²) in [6.45, 7) is -0.300. The van der Waals surface area contributed by atoms with E-state index in [1.165, 1.54) is 7.05 Å². The number of aliphatic hydroxyl groups excluding tert-OH is 1. The zero-order chi connectivity index (χ0) is 26.9. The van der Waals surface area contributed by atoms with Crippen LogP contribution in [-0.4, -0.2) is 81.7 Å². The Balaban J connectivity index is 1.71. The maximum atomic E-state index is 13.6. The Morgan fingerprint density at radius 1 is 1.11 bits per heavy atom. The van der Waals surface area contributed by atoms with Gasteiger partial charge in [0.2, 0.25) is 11.8 Å². The molecule has 12 heteroatoms. The van der Waals surface area contributed by atoms with Crippen molar-refractivity contribution in [2.75, 3.05) is 27.4 Å². The third-order valence-corrected chi connectivity index (χ3v) is 9.36. The number of alkyl halides is 2. The summed E-state index contributed by atoms with van der Waals surface area (Å²) in [6.07, 6.45) is 0.595. The van der Waals surface area contributed by atoms with Crippen LogP contribution >= 0.6 is 23.2 Å². The Morgan fingerprint density at radius 3 is 2.49 bits per heavy atom. The van der Waals surface area contributed by atoms with Gasteiger partial charge in [-0.05, 0) is 24.8 Å². The number of amides is 5. The number of halogens is 2. The minimum Gasteiger partial charge on any atom is -0.491 e. The number of allylic oxidation sites excluding steroid dienone is 2. The van der Waals surface area contributed by atoms with E-state index < -0.39 is 63.1 Å². The molecule has 1 aromatic rings. The second-order valence-corrected chi connectivity index (χ2v) is 10.8. The molecule has 0 radical (unpaired) electrons. The highest BCUT2D eigenvalue weighted by atomic mass is 35.5. The van der Waals surface area contributed by atoms with Crippen molar-refractivity contribution in [3.8, 4) is 5.75 Å². The molecule has 5 amide bonds. The molecule has 4 aliphatic rings. The third-order valence-electron chi connectivity index (χ3n) is 7.95. The number of fused-ring (bicyclic) bond motifs is 4. The maximum absolute atomic E-state index is 13.6. The average molecular weight is 551 g/mol. The summed E-state index contributed by atoms with van der Waals surface area (Å²) in [5.41, 5.74) is 1.01. The minimum absolute atomic E-state index is 0.0356. The number of carbonyl (C=O) groups is 5. The Bertz CT molecular complexity index is 1270. The number of imide groups is 4. The number of benzene rings is 1. The zero-order valence-corrected chi connectivity index (χ0v) is 21.5. The van der Waals surface area contributed by atoms with Gasteiger partial charge in [-0.15, -0.1) is 23.2 Å². The average Bonchev–Trinajstić information content (AvgIpc) is 3.22. The van der Waals surface area contributed by atoms with Crippen molar-refractivity contribution in [2.45, 2.75) is 28.5 Å². The molecule has 5 rings (SSSR count). The number of ether oxygens (including phenoxy) is 2. The van der Waals surface area contributed by atoms with Crippen LogP contribution in [0.25, 0.3) is 0 Å². The molecule has 2 aliphatic heterocycles. The number of methoxy groups -OCH3 is 1. The SMILES string of the molecule is COC(=O)N1C(=O)[C@H]2[C@H](CC=C3[C@H]2C[C@@]2(Cl)C(=O)N(C)C(=O)[C@@]2(Cl)[C@H]3c2ccccc2OCCO)C1=O. The van der Waals surface area contributed by atoms with Crippen LogP contribution in [0.15, 0.2) is 35.9 Å². The number of carbonyl (C=O) groups excluding carboxylic acids is 5. The first kappa shape index (κ1) is 25.7. The fraction of sp³-hybridized carbons (Fsp3) is 0.480. The number of aliphatic hydroxyl groups is 1. The molecule has 2 saturated heterocycles. The molecule has 2 aliphatic carbocycles. The van der Waals surface area contributed by atoms with Gasteiger partial charge in [0, 0.05) is 18.5 Å². The third kappa shape index (κ3) is 3.25. The monoisotopic (exact) mass is 550 g/mol. The Labute approximate surface area is 222 Å². The number of hydrogen-bond donors (Lipinski definition) is 1. The fourth-order valence-corrected chi connectivity index (χ4v) is 7.38. The Hall–Kier alpha value is -2.95. The predicted octanol–water partition coefficient (Wildman–Crippen LogP) is 1.81. The molecule has 0 unspecified atom stereocenters. The van der Waals surface area contributed by atoms with Gasteiger partial charge >= 0.3 is 6.09 Å². The van der Waals surface area contributed by atoms with E-state index in [0.717, 1.165) is 12.0 Å². The first-order chi connectivity index (χ1) is 17.5. The second-order valence-electron chi connectivity index (χ2n) is 9.59. The molecule has 0 spiro atoms. The molecule has 2 heterocycles. The smallest absolute Gasteiger partial charge is 0.423 e. The minimum atomic E-state index is -1.96. The van der Waals surface area contributed by atoms with Crippen molar-refractivity contribution >= 4 is 52.9 Å². The van der Waals surface area contributed by atoms with Gasteiger partial charge in [0.25, 0.3) is 11.8 Å². The number of likely N-dealkylation sites (tertiary alicyclic amines) is 2. The molecule has 37 heavy (non-hydrogen) atoms. The van der Waals surface area contributed by atoms with Gasteiger partial charge in [0.1, 0.15) is 12.4 Å². The van der Waals surface area contributed by atoms with Crippen molar-refractivity contribution in [3.63, 3.8) is 0 Å². The normalized spacial score (nSPS) is 34.7. The molecular weight excluding hydrogens is 527 g/mol. The first-order valence-electron chi connectivity index (χ1n) is 11.7. The summed E-state index contributed by atoms with van der Waals surface area (Å²) in [5, 5.41) is 9.32. The molecule has 1 saturated carbocycles. The second kappa shape index (κ2) is 8.82. The van der Waals surface area contributed by atoms with Crippen LogP contribution in [0.4, 0.5) is 4.79 Å². The zero-order valence-electron chi connectivity index (χ0n) is 20.0. The lowest BCUT2D eigenvalue weighted by molar-refractivity contribution is -0.139. The first-order valence-corrected chi connectivity index (χ1v) is 12.5. The van der Waals surface area contributed by atoms with E-state index in [0.29, 0.717) is 21.8 Å². The summed E-state index contributed by atoms with van der Waals surface area (Å²) in [5.74, 6) is -6.13. The molecule has 0 aromatic heterocycles. The largest absolute Gasteiger partial charge is 0.491 e. The van der Waals surface area contributed by atoms with E-state index in [4.69, 9.17) is 27.9 Å². The molecule has 1 aromatic carbocycles. The lowest BCUT2D eigenvalue weighted by Crippen LogP contribution is -2.60. The van der Waals surface area contributed by atoms with Gasteiger partial charge in [-0.3, -0.25) is 24.1 Å². The fourth-order valence-electron chi connectivity index (χ4n) is 6.37. The predicted molar refractivity (Wildman–Crippen MR) is 129 cm³/mol. The van der Waals surface area contributed by atoms with Crippen LogP contribution in [-0.2, 0) is 23.9 Å². The summed E-state index contributed by atoms with van der Waals surface area (Å²) in [6, 6.07) is 6.75. The van der Waals surface area contributed by atoms with Gasteiger partial charge in [0.15, 0.2) is 9.75 Å². The number of nitrogens with zero attached hydrogens (tertiary/aromatic N) is 2. The lowest BCUT2D eigenvalue weighted by atomic mass is 9.56. The van der Waals surface area contributed by atoms with Crippen molar-refractivity contribution < 1.29 is 38.6 Å². The van der Waals surface area contributed by atoms with Crippen molar-refractivity contribution in [3.05, 3.63) is 41.5 Å². The van der Waals surface area contributed by atoms with E-state index in [1.807, 2.05) is 0 Å². The van der Waals surface area contributed by atoms with Gasteiger partial charge in [-0.1, -0.05) is 29.8 Å². The van der Waals surface area contributed by atoms with E-state index >= 15 is 0 Å². The molecule has 6 atom stereocenters.